The summed E-state index contributed by atoms with van der Waals surface area (Å²) in [5.41, 5.74) is 1.61. The first-order valence-electron chi connectivity index (χ1n) is 10.9. The Labute approximate surface area is 204 Å². The van der Waals surface area contributed by atoms with Gasteiger partial charge in [0.1, 0.15) is 15.8 Å². The first kappa shape index (κ1) is 24.8. The summed E-state index contributed by atoms with van der Waals surface area (Å²) in [6, 6.07) is 14.9. The van der Waals surface area contributed by atoms with Gasteiger partial charge in [-0.15, -0.1) is 0 Å². The molecule has 0 aliphatic carbocycles. The van der Waals surface area contributed by atoms with Gasteiger partial charge in [-0.1, -0.05) is 54.7 Å². The molecule has 174 valence electrons. The van der Waals surface area contributed by atoms with E-state index in [9.17, 15) is 9.59 Å². The van der Waals surface area contributed by atoms with E-state index in [0.29, 0.717) is 40.2 Å². The molecular weight excluding hydrogens is 456 g/mol. The highest BCUT2D eigenvalue weighted by molar-refractivity contribution is 8.26. The van der Waals surface area contributed by atoms with Crippen molar-refractivity contribution in [1.82, 2.24) is 4.90 Å². The van der Waals surface area contributed by atoms with E-state index in [1.54, 1.807) is 12.0 Å². The Bertz CT molecular complexity index is 1020. The minimum Gasteiger partial charge on any atom is -0.497 e. The summed E-state index contributed by atoms with van der Waals surface area (Å²) in [6.45, 7) is 3.00. The minimum absolute atomic E-state index is 0.0461. The largest absolute Gasteiger partial charge is 0.497 e. The molecule has 8 heteroatoms. The van der Waals surface area contributed by atoms with Crippen molar-refractivity contribution in [2.45, 2.75) is 32.6 Å². The summed E-state index contributed by atoms with van der Waals surface area (Å²) in [5.74, 6) is 1.33. The van der Waals surface area contributed by atoms with Crippen LogP contribution >= 0.6 is 24.0 Å². The number of unbranched alkanes of at least 4 members (excludes halogenated alkanes) is 2. The first-order valence-corrected chi connectivity index (χ1v) is 12.2. The second kappa shape index (κ2) is 12.4. The fourth-order valence-electron chi connectivity index (χ4n) is 3.34. The molecule has 2 aromatic rings. The van der Waals surface area contributed by atoms with Crippen molar-refractivity contribution in [3.63, 3.8) is 0 Å². The van der Waals surface area contributed by atoms with Crippen molar-refractivity contribution in [3.05, 3.63) is 59.0 Å². The highest BCUT2D eigenvalue weighted by Gasteiger charge is 2.31. The van der Waals surface area contributed by atoms with Crippen molar-refractivity contribution in [1.29, 1.82) is 0 Å². The van der Waals surface area contributed by atoms with Crippen LogP contribution in [0.5, 0.6) is 11.5 Å². The first-order chi connectivity index (χ1) is 16.0. The molecule has 2 aromatic carbocycles. The van der Waals surface area contributed by atoms with Gasteiger partial charge in [-0.2, -0.15) is 0 Å². The number of carbonyl (C=O) groups excluding carboxylic acids is 2. The van der Waals surface area contributed by atoms with E-state index in [0.717, 1.165) is 30.6 Å². The number of ether oxygens (including phenoxy) is 2. The van der Waals surface area contributed by atoms with Crippen LogP contribution in [-0.4, -0.2) is 41.3 Å². The molecule has 1 aliphatic heterocycles. The van der Waals surface area contributed by atoms with Crippen LogP contribution in [0.3, 0.4) is 0 Å². The van der Waals surface area contributed by atoms with Crippen LogP contribution in [0.15, 0.2) is 53.4 Å². The quantitative estimate of drug-likeness (QED) is 0.258. The number of thioether (sulfide) groups is 1. The number of rotatable bonds is 11. The van der Waals surface area contributed by atoms with E-state index in [1.165, 1.54) is 11.8 Å². The van der Waals surface area contributed by atoms with Crippen LogP contribution in [0.4, 0.5) is 5.69 Å². The number of nitrogens with one attached hydrogen (secondary N) is 1. The molecule has 0 radical (unpaired) electrons. The Kier molecular flexibility index (Phi) is 9.33. The second-order valence-electron chi connectivity index (χ2n) is 7.39. The summed E-state index contributed by atoms with van der Waals surface area (Å²) < 4.78 is 11.3. The predicted molar refractivity (Wildman–Crippen MR) is 138 cm³/mol. The molecule has 1 saturated heterocycles. The average Bonchev–Trinajstić information content (AvgIpc) is 3.08. The number of amides is 2. The molecule has 1 aliphatic rings. The van der Waals surface area contributed by atoms with Crippen molar-refractivity contribution in [2.24, 2.45) is 0 Å². The molecule has 0 bridgehead atoms. The van der Waals surface area contributed by atoms with E-state index in [4.69, 9.17) is 21.7 Å². The molecule has 3 rings (SSSR count). The molecule has 1 heterocycles. The lowest BCUT2D eigenvalue weighted by Crippen LogP contribution is -2.29. The van der Waals surface area contributed by atoms with Crippen molar-refractivity contribution < 1.29 is 19.1 Å². The van der Waals surface area contributed by atoms with Crippen molar-refractivity contribution >= 4 is 51.9 Å². The maximum absolute atomic E-state index is 12.8. The number of anilines is 1. The van der Waals surface area contributed by atoms with Crippen LogP contribution < -0.4 is 14.8 Å². The summed E-state index contributed by atoms with van der Waals surface area (Å²) in [6.07, 6.45) is 4.61. The van der Waals surface area contributed by atoms with Crippen LogP contribution in [0.2, 0.25) is 0 Å². The fourth-order valence-corrected chi connectivity index (χ4v) is 4.65. The lowest BCUT2D eigenvalue weighted by molar-refractivity contribution is -0.122. The Morgan fingerprint density at radius 3 is 2.61 bits per heavy atom. The van der Waals surface area contributed by atoms with E-state index in [2.05, 4.69) is 5.32 Å². The second-order valence-corrected chi connectivity index (χ2v) is 9.07. The zero-order valence-corrected chi connectivity index (χ0v) is 20.5. The molecular formula is C25H28N2O4S2. The topological polar surface area (TPSA) is 67.9 Å². The molecule has 0 spiro atoms. The van der Waals surface area contributed by atoms with Crippen LogP contribution in [0.1, 0.15) is 38.2 Å². The standard InChI is InChI=1S/C25H28N2O4S2/c1-3-31-21-10-7-6-9-20(21)26-23(28)11-5-4-8-16-27-24(29)22(33-25(27)32)17-18-12-14-19(30-2)15-13-18/h6-7,9-10,12-15,17H,3-5,8,11,16H2,1-2H3,(H,26,28)/b22-17-. The van der Waals surface area contributed by atoms with Crippen molar-refractivity contribution in [2.75, 3.05) is 25.6 Å². The van der Waals surface area contributed by atoms with Gasteiger partial charge in [0.05, 0.1) is 24.3 Å². The van der Waals surface area contributed by atoms with Crippen LogP contribution in [-0.2, 0) is 9.59 Å². The molecule has 6 nitrogen and oxygen atoms in total. The molecule has 2 amide bonds. The summed E-state index contributed by atoms with van der Waals surface area (Å²) >= 11 is 6.73. The Morgan fingerprint density at radius 1 is 1.12 bits per heavy atom. The van der Waals surface area contributed by atoms with Gasteiger partial charge >= 0.3 is 0 Å². The highest BCUT2D eigenvalue weighted by atomic mass is 32.2. The van der Waals surface area contributed by atoms with Gasteiger partial charge in [0.2, 0.25) is 5.91 Å². The monoisotopic (exact) mass is 484 g/mol. The molecule has 0 atom stereocenters. The van der Waals surface area contributed by atoms with Crippen LogP contribution in [0.25, 0.3) is 6.08 Å². The SMILES string of the molecule is CCOc1ccccc1NC(=O)CCCCCN1C(=O)/C(=C/c2ccc(OC)cc2)SC1=S. The third-order valence-electron chi connectivity index (χ3n) is 5.03. The van der Waals surface area contributed by atoms with E-state index in [-0.39, 0.29) is 11.8 Å². The van der Waals surface area contributed by atoms with Gasteiger partial charge in [-0.3, -0.25) is 14.5 Å². The third-order valence-corrected chi connectivity index (χ3v) is 6.41. The van der Waals surface area contributed by atoms with Gasteiger partial charge in [0.15, 0.2) is 0 Å². The van der Waals surface area contributed by atoms with Gasteiger partial charge in [0.25, 0.3) is 5.91 Å². The number of methoxy groups -OCH3 is 1. The number of para-hydroxylation sites is 2. The van der Waals surface area contributed by atoms with E-state index >= 15 is 0 Å². The molecule has 0 aromatic heterocycles. The lowest BCUT2D eigenvalue weighted by Gasteiger charge is -2.14. The summed E-state index contributed by atoms with van der Waals surface area (Å²) in [5, 5.41) is 2.91. The van der Waals surface area contributed by atoms with Gasteiger partial charge in [-0.25, -0.2) is 0 Å². The number of hydrogen-bond acceptors (Lipinski definition) is 6. The maximum Gasteiger partial charge on any atom is 0.266 e. The van der Waals surface area contributed by atoms with E-state index in [1.807, 2.05) is 61.5 Å². The summed E-state index contributed by atoms with van der Waals surface area (Å²) in [7, 11) is 1.62. The molecule has 1 fully saturated rings. The molecule has 0 unspecified atom stereocenters. The summed E-state index contributed by atoms with van der Waals surface area (Å²) in [4.78, 5) is 27.3. The van der Waals surface area contributed by atoms with Gasteiger partial charge < -0.3 is 14.8 Å². The van der Waals surface area contributed by atoms with Gasteiger partial charge in [-0.05, 0) is 55.7 Å². The average molecular weight is 485 g/mol. The Balaban J connectivity index is 1.42. The van der Waals surface area contributed by atoms with Gasteiger partial charge in [0, 0.05) is 13.0 Å². The molecule has 1 N–H and O–H groups in total. The highest BCUT2D eigenvalue weighted by Crippen LogP contribution is 2.33. The number of thiocarbonyl (C=S) groups is 1. The fraction of sp³-hybridized carbons (Fsp3) is 0.320. The van der Waals surface area contributed by atoms with Crippen LogP contribution in [0, 0.1) is 0 Å². The number of nitrogens with zero attached hydrogens (tertiary/aromatic N) is 1. The smallest absolute Gasteiger partial charge is 0.266 e. The molecule has 33 heavy (non-hydrogen) atoms. The maximum atomic E-state index is 12.8. The Hall–Kier alpha value is -2.84. The Morgan fingerprint density at radius 2 is 1.88 bits per heavy atom. The van der Waals surface area contributed by atoms with E-state index < -0.39 is 0 Å². The zero-order chi connectivity index (χ0) is 23.6. The normalized spacial score (nSPS) is 14.6. The number of carbonyl (C=O) groups is 2. The third kappa shape index (κ3) is 7.07. The number of hydrogen-bond donors (Lipinski definition) is 1. The zero-order valence-electron chi connectivity index (χ0n) is 18.8. The minimum atomic E-state index is -0.0638. The van der Waals surface area contributed by atoms with Crippen molar-refractivity contribution in [3.8, 4) is 11.5 Å². The predicted octanol–water partition coefficient (Wildman–Crippen LogP) is 5.49. The molecule has 0 saturated carbocycles. The number of benzene rings is 2. The lowest BCUT2D eigenvalue weighted by atomic mass is 10.1.